The molecular formula is C17H30O3. The molecule has 0 radical (unpaired) electrons. The average molecular weight is 282 g/mol. The first-order valence-corrected chi connectivity index (χ1v) is 8.03. The molecule has 0 heterocycles. The summed E-state index contributed by atoms with van der Waals surface area (Å²) in [5.74, 6) is 0.919. The van der Waals surface area contributed by atoms with Crippen molar-refractivity contribution >= 4 is 11.8 Å². The van der Waals surface area contributed by atoms with E-state index < -0.39 is 0 Å². The molecule has 0 aromatic carbocycles. The predicted molar refractivity (Wildman–Crippen MR) is 80.4 cm³/mol. The van der Waals surface area contributed by atoms with E-state index in [0.29, 0.717) is 18.4 Å². The minimum Gasteiger partial charge on any atom is -0.466 e. The van der Waals surface area contributed by atoms with E-state index in [4.69, 9.17) is 4.74 Å². The standard InChI is InChI=1S/C17H30O3/c1-5-12-20-16(19)11-10-15(18)13-6-8-14(9-7-13)17(2,3)4/h13-14H,5-12H2,1-4H3. The molecule has 0 aliphatic heterocycles. The average Bonchev–Trinajstić information content (AvgIpc) is 2.41. The van der Waals surface area contributed by atoms with Crippen LogP contribution in [0.3, 0.4) is 0 Å². The molecule has 116 valence electrons. The van der Waals surface area contributed by atoms with Gasteiger partial charge in [-0.05, 0) is 43.4 Å². The maximum absolute atomic E-state index is 12.1. The Hall–Kier alpha value is -0.860. The molecule has 0 bridgehead atoms. The van der Waals surface area contributed by atoms with Crippen molar-refractivity contribution in [1.82, 2.24) is 0 Å². The van der Waals surface area contributed by atoms with Crippen molar-refractivity contribution in [3.63, 3.8) is 0 Å². The number of carbonyl (C=O) groups is 2. The fraction of sp³-hybridized carbons (Fsp3) is 0.882. The summed E-state index contributed by atoms with van der Waals surface area (Å²) in [6.07, 6.45) is 5.69. The lowest BCUT2D eigenvalue weighted by molar-refractivity contribution is -0.145. The molecular weight excluding hydrogens is 252 g/mol. The topological polar surface area (TPSA) is 43.4 Å². The molecule has 0 spiro atoms. The van der Waals surface area contributed by atoms with Crippen LogP contribution >= 0.6 is 0 Å². The zero-order chi connectivity index (χ0) is 15.2. The van der Waals surface area contributed by atoms with Crippen LogP contribution in [0.4, 0.5) is 0 Å². The van der Waals surface area contributed by atoms with Gasteiger partial charge in [0, 0.05) is 12.3 Å². The fourth-order valence-corrected chi connectivity index (χ4v) is 3.00. The van der Waals surface area contributed by atoms with Crippen molar-refractivity contribution in [2.45, 2.75) is 72.6 Å². The summed E-state index contributed by atoms with van der Waals surface area (Å²) in [7, 11) is 0. The van der Waals surface area contributed by atoms with Gasteiger partial charge in [-0.1, -0.05) is 27.7 Å². The van der Waals surface area contributed by atoms with Gasteiger partial charge in [0.1, 0.15) is 5.78 Å². The highest BCUT2D eigenvalue weighted by Crippen LogP contribution is 2.40. The van der Waals surface area contributed by atoms with Crippen LogP contribution in [0, 0.1) is 17.3 Å². The summed E-state index contributed by atoms with van der Waals surface area (Å²) < 4.78 is 5.00. The van der Waals surface area contributed by atoms with Gasteiger partial charge in [0.25, 0.3) is 0 Å². The minimum absolute atomic E-state index is 0.174. The van der Waals surface area contributed by atoms with Crippen molar-refractivity contribution in [2.24, 2.45) is 17.3 Å². The number of rotatable bonds is 6. The Kier molecular flexibility index (Phi) is 6.70. The minimum atomic E-state index is -0.233. The Morgan fingerprint density at radius 2 is 1.65 bits per heavy atom. The van der Waals surface area contributed by atoms with Crippen LogP contribution in [-0.4, -0.2) is 18.4 Å². The zero-order valence-electron chi connectivity index (χ0n) is 13.5. The quantitative estimate of drug-likeness (QED) is 0.688. The van der Waals surface area contributed by atoms with E-state index in [1.54, 1.807) is 0 Å². The van der Waals surface area contributed by atoms with Crippen LogP contribution in [0.25, 0.3) is 0 Å². The number of Topliss-reactive ketones (excluding diaryl/α,β-unsaturated/α-hetero) is 1. The molecule has 0 N–H and O–H groups in total. The second kappa shape index (κ2) is 7.80. The molecule has 3 nitrogen and oxygen atoms in total. The number of esters is 1. The number of ether oxygens (including phenoxy) is 1. The van der Waals surface area contributed by atoms with E-state index >= 15 is 0 Å². The van der Waals surface area contributed by atoms with E-state index in [1.807, 2.05) is 6.92 Å². The number of carbonyl (C=O) groups excluding carboxylic acids is 2. The Bertz CT molecular complexity index is 320. The molecule has 3 heteroatoms. The van der Waals surface area contributed by atoms with Crippen molar-refractivity contribution in [3.05, 3.63) is 0 Å². The highest BCUT2D eigenvalue weighted by Gasteiger charge is 2.32. The van der Waals surface area contributed by atoms with E-state index in [9.17, 15) is 9.59 Å². The van der Waals surface area contributed by atoms with E-state index in [1.165, 1.54) is 0 Å². The molecule has 1 rings (SSSR count). The Morgan fingerprint density at radius 1 is 1.05 bits per heavy atom. The van der Waals surface area contributed by atoms with E-state index in [0.717, 1.165) is 38.0 Å². The molecule has 0 amide bonds. The summed E-state index contributed by atoms with van der Waals surface area (Å²) in [5, 5.41) is 0. The van der Waals surface area contributed by atoms with Gasteiger partial charge in [0.2, 0.25) is 0 Å². The SMILES string of the molecule is CCCOC(=O)CCC(=O)C1CCC(C(C)(C)C)CC1. The predicted octanol–water partition coefficient (Wildman–Crippen LogP) is 4.14. The molecule has 1 fully saturated rings. The van der Waals surface area contributed by atoms with Gasteiger partial charge in [-0.25, -0.2) is 0 Å². The Morgan fingerprint density at radius 3 is 2.15 bits per heavy atom. The summed E-state index contributed by atoms with van der Waals surface area (Å²) in [4.78, 5) is 23.5. The smallest absolute Gasteiger partial charge is 0.306 e. The van der Waals surface area contributed by atoms with E-state index in [2.05, 4.69) is 20.8 Å². The molecule has 0 saturated heterocycles. The fourth-order valence-electron chi connectivity index (χ4n) is 3.00. The van der Waals surface area contributed by atoms with Crippen molar-refractivity contribution in [1.29, 1.82) is 0 Å². The third kappa shape index (κ3) is 5.64. The van der Waals surface area contributed by atoms with Crippen LogP contribution in [0.1, 0.15) is 72.6 Å². The first-order chi connectivity index (χ1) is 9.34. The summed E-state index contributed by atoms with van der Waals surface area (Å²) in [6.45, 7) is 9.27. The van der Waals surface area contributed by atoms with Crippen LogP contribution < -0.4 is 0 Å². The van der Waals surface area contributed by atoms with Crippen LogP contribution in [-0.2, 0) is 14.3 Å². The molecule has 1 aliphatic rings. The van der Waals surface area contributed by atoms with Gasteiger partial charge < -0.3 is 4.74 Å². The normalized spacial score (nSPS) is 23.4. The lowest BCUT2D eigenvalue weighted by Gasteiger charge is -2.36. The van der Waals surface area contributed by atoms with Gasteiger partial charge in [-0.15, -0.1) is 0 Å². The number of hydrogen-bond acceptors (Lipinski definition) is 3. The molecule has 0 atom stereocenters. The highest BCUT2D eigenvalue weighted by atomic mass is 16.5. The zero-order valence-corrected chi connectivity index (χ0v) is 13.5. The second-order valence-electron chi connectivity index (χ2n) is 7.10. The molecule has 1 aliphatic carbocycles. The third-order valence-corrected chi connectivity index (χ3v) is 4.45. The lowest BCUT2D eigenvalue weighted by Crippen LogP contribution is -2.29. The molecule has 0 aromatic heterocycles. The van der Waals surface area contributed by atoms with Crippen molar-refractivity contribution < 1.29 is 14.3 Å². The van der Waals surface area contributed by atoms with Crippen LogP contribution in [0.2, 0.25) is 0 Å². The largest absolute Gasteiger partial charge is 0.466 e. The maximum atomic E-state index is 12.1. The van der Waals surface area contributed by atoms with Crippen molar-refractivity contribution in [2.75, 3.05) is 6.61 Å². The van der Waals surface area contributed by atoms with Gasteiger partial charge in [-0.3, -0.25) is 9.59 Å². The second-order valence-corrected chi connectivity index (χ2v) is 7.10. The summed E-state index contributed by atoms with van der Waals surface area (Å²) >= 11 is 0. The molecule has 1 saturated carbocycles. The van der Waals surface area contributed by atoms with Gasteiger partial charge in [0.05, 0.1) is 13.0 Å². The van der Waals surface area contributed by atoms with Crippen molar-refractivity contribution in [3.8, 4) is 0 Å². The first kappa shape index (κ1) is 17.2. The molecule has 20 heavy (non-hydrogen) atoms. The van der Waals surface area contributed by atoms with Gasteiger partial charge in [-0.2, -0.15) is 0 Å². The van der Waals surface area contributed by atoms with Gasteiger partial charge >= 0.3 is 5.97 Å². The lowest BCUT2D eigenvalue weighted by atomic mass is 9.69. The highest BCUT2D eigenvalue weighted by molar-refractivity contribution is 5.84. The van der Waals surface area contributed by atoms with Crippen LogP contribution in [0.5, 0.6) is 0 Å². The summed E-state index contributed by atoms with van der Waals surface area (Å²) in [5.41, 5.74) is 0.345. The Balaban J connectivity index is 2.27. The Labute approximate surface area is 123 Å². The van der Waals surface area contributed by atoms with Crippen LogP contribution in [0.15, 0.2) is 0 Å². The summed E-state index contributed by atoms with van der Waals surface area (Å²) in [6, 6.07) is 0. The molecule has 0 aromatic rings. The van der Waals surface area contributed by atoms with E-state index in [-0.39, 0.29) is 24.1 Å². The molecule has 0 unspecified atom stereocenters. The third-order valence-electron chi connectivity index (χ3n) is 4.45. The monoisotopic (exact) mass is 282 g/mol. The first-order valence-electron chi connectivity index (χ1n) is 8.03. The number of hydrogen-bond donors (Lipinski definition) is 0. The maximum Gasteiger partial charge on any atom is 0.306 e. The van der Waals surface area contributed by atoms with Gasteiger partial charge in [0.15, 0.2) is 0 Å². The number of ketones is 1.